The zero-order chi connectivity index (χ0) is 10.1. The Morgan fingerprint density at radius 3 is 2.36 bits per heavy atom. The highest BCUT2D eigenvalue weighted by atomic mass is 32.2. The third kappa shape index (κ3) is 0.898. The van der Waals surface area contributed by atoms with Crippen LogP contribution in [0.3, 0.4) is 0 Å². The van der Waals surface area contributed by atoms with Crippen LogP contribution in [0.2, 0.25) is 0 Å². The molecule has 2 aliphatic carbocycles. The van der Waals surface area contributed by atoms with Crippen molar-refractivity contribution in [1.82, 2.24) is 0 Å². The zero-order valence-electron chi connectivity index (χ0n) is 8.81. The molecule has 0 radical (unpaired) electrons. The molecule has 2 saturated carbocycles. The van der Waals surface area contributed by atoms with E-state index in [0.29, 0.717) is 23.5 Å². The molecule has 2 bridgehead atoms. The van der Waals surface area contributed by atoms with Gasteiger partial charge in [-0.25, -0.2) is 8.42 Å². The number of sulfone groups is 1. The van der Waals surface area contributed by atoms with Gasteiger partial charge in [-0.15, -0.1) is 0 Å². The number of rotatable bonds is 0. The molecule has 80 valence electrons. The molecular formula is C11H18O2S. The van der Waals surface area contributed by atoms with E-state index in [9.17, 15) is 8.42 Å². The maximum Gasteiger partial charge on any atom is 0.153 e. The Morgan fingerprint density at radius 1 is 1.00 bits per heavy atom. The summed E-state index contributed by atoms with van der Waals surface area (Å²) < 4.78 is 23.8. The smallest absolute Gasteiger partial charge is 0.153 e. The number of hydrogen-bond donors (Lipinski definition) is 0. The van der Waals surface area contributed by atoms with Crippen molar-refractivity contribution < 1.29 is 8.42 Å². The standard InChI is InChI=1S/C11H18O2S/c1-6-7(2)10-5-9(6)8-3-4-14(12,13)11(8)10/h6-11H,3-5H2,1-2H3. The molecule has 0 aromatic heterocycles. The third-order valence-corrected chi connectivity index (χ3v) is 7.60. The first-order valence-corrected chi connectivity index (χ1v) is 7.45. The monoisotopic (exact) mass is 214 g/mol. The molecule has 1 saturated heterocycles. The molecule has 0 N–H and O–H groups in total. The molecule has 0 amide bonds. The van der Waals surface area contributed by atoms with Crippen LogP contribution in [-0.2, 0) is 9.84 Å². The third-order valence-electron chi connectivity index (χ3n) is 5.27. The van der Waals surface area contributed by atoms with Gasteiger partial charge in [0, 0.05) is 0 Å². The molecule has 3 aliphatic rings. The molecule has 0 aromatic carbocycles. The minimum Gasteiger partial charge on any atom is -0.229 e. The molecule has 3 fully saturated rings. The Hall–Kier alpha value is -0.0500. The second-order valence-electron chi connectivity index (χ2n) is 5.57. The largest absolute Gasteiger partial charge is 0.229 e. The van der Waals surface area contributed by atoms with Crippen molar-refractivity contribution in [3.63, 3.8) is 0 Å². The van der Waals surface area contributed by atoms with Crippen molar-refractivity contribution >= 4 is 9.84 Å². The van der Waals surface area contributed by atoms with Gasteiger partial charge in [0.2, 0.25) is 0 Å². The SMILES string of the molecule is CC1C(C)C2CC1C1CCS(=O)(=O)C21. The van der Waals surface area contributed by atoms with Crippen LogP contribution in [-0.4, -0.2) is 19.4 Å². The predicted octanol–water partition coefficient (Wildman–Crippen LogP) is 1.71. The van der Waals surface area contributed by atoms with Gasteiger partial charge in [0.05, 0.1) is 11.0 Å². The van der Waals surface area contributed by atoms with Gasteiger partial charge in [-0.05, 0) is 42.4 Å². The van der Waals surface area contributed by atoms with Gasteiger partial charge in [-0.3, -0.25) is 0 Å². The predicted molar refractivity (Wildman–Crippen MR) is 55.6 cm³/mol. The van der Waals surface area contributed by atoms with Gasteiger partial charge in [0.1, 0.15) is 0 Å². The average molecular weight is 214 g/mol. The molecule has 6 atom stereocenters. The van der Waals surface area contributed by atoms with E-state index in [2.05, 4.69) is 13.8 Å². The van der Waals surface area contributed by atoms with Crippen LogP contribution < -0.4 is 0 Å². The summed E-state index contributed by atoms with van der Waals surface area (Å²) in [5, 5.41) is 0.0544. The lowest BCUT2D eigenvalue weighted by molar-refractivity contribution is 0.198. The normalized spacial score (nSPS) is 59.0. The van der Waals surface area contributed by atoms with Crippen molar-refractivity contribution in [2.45, 2.75) is 31.9 Å². The van der Waals surface area contributed by atoms with E-state index in [1.54, 1.807) is 0 Å². The maximum absolute atomic E-state index is 11.9. The molecule has 3 rings (SSSR count). The summed E-state index contributed by atoms with van der Waals surface area (Å²) in [7, 11) is -2.71. The fourth-order valence-corrected chi connectivity index (χ4v) is 7.06. The Bertz CT molecular complexity index is 359. The van der Waals surface area contributed by atoms with Crippen LogP contribution in [0.4, 0.5) is 0 Å². The van der Waals surface area contributed by atoms with E-state index in [1.807, 2.05) is 0 Å². The lowest BCUT2D eigenvalue weighted by Gasteiger charge is -2.33. The molecule has 0 aromatic rings. The quantitative estimate of drug-likeness (QED) is 0.615. The molecule has 14 heavy (non-hydrogen) atoms. The highest BCUT2D eigenvalue weighted by Crippen LogP contribution is 2.60. The summed E-state index contributed by atoms with van der Waals surface area (Å²) in [5.74, 6) is 3.60. The first kappa shape index (κ1) is 9.20. The second kappa shape index (κ2) is 2.55. The minimum absolute atomic E-state index is 0.0544. The molecule has 3 heteroatoms. The summed E-state index contributed by atoms with van der Waals surface area (Å²) in [6, 6.07) is 0. The highest BCUT2D eigenvalue weighted by molar-refractivity contribution is 7.92. The van der Waals surface area contributed by atoms with Crippen LogP contribution in [0.25, 0.3) is 0 Å². The van der Waals surface area contributed by atoms with Crippen LogP contribution in [0.15, 0.2) is 0 Å². The molecule has 1 aliphatic heterocycles. The van der Waals surface area contributed by atoms with Gasteiger partial charge in [0.15, 0.2) is 9.84 Å². The zero-order valence-corrected chi connectivity index (χ0v) is 9.63. The molecular weight excluding hydrogens is 196 g/mol. The lowest BCUT2D eigenvalue weighted by atomic mass is 9.75. The lowest BCUT2D eigenvalue weighted by Crippen LogP contribution is -2.36. The highest BCUT2D eigenvalue weighted by Gasteiger charge is 2.61. The van der Waals surface area contributed by atoms with Crippen LogP contribution in [0.1, 0.15) is 26.7 Å². The minimum atomic E-state index is -2.71. The fourth-order valence-electron chi connectivity index (χ4n) is 4.43. The van der Waals surface area contributed by atoms with Crippen molar-refractivity contribution in [3.8, 4) is 0 Å². The van der Waals surface area contributed by atoms with Gasteiger partial charge >= 0.3 is 0 Å². The van der Waals surface area contributed by atoms with E-state index < -0.39 is 9.84 Å². The van der Waals surface area contributed by atoms with Gasteiger partial charge in [0.25, 0.3) is 0 Å². The topological polar surface area (TPSA) is 34.1 Å². The second-order valence-corrected chi connectivity index (χ2v) is 7.84. The maximum atomic E-state index is 11.9. The van der Waals surface area contributed by atoms with E-state index >= 15 is 0 Å². The van der Waals surface area contributed by atoms with Gasteiger partial charge < -0.3 is 0 Å². The molecule has 6 unspecified atom stereocenters. The Morgan fingerprint density at radius 2 is 1.64 bits per heavy atom. The first-order valence-electron chi connectivity index (χ1n) is 5.74. The van der Waals surface area contributed by atoms with Crippen LogP contribution in [0.5, 0.6) is 0 Å². The summed E-state index contributed by atoms with van der Waals surface area (Å²) >= 11 is 0. The van der Waals surface area contributed by atoms with Gasteiger partial charge in [-0.1, -0.05) is 13.8 Å². The summed E-state index contributed by atoms with van der Waals surface area (Å²) in [6.07, 6.45) is 2.14. The van der Waals surface area contributed by atoms with E-state index in [0.717, 1.165) is 18.3 Å². The van der Waals surface area contributed by atoms with Crippen molar-refractivity contribution in [2.75, 3.05) is 5.75 Å². The molecule has 1 heterocycles. The van der Waals surface area contributed by atoms with Crippen molar-refractivity contribution in [3.05, 3.63) is 0 Å². The summed E-state index contributed by atoms with van der Waals surface area (Å²) in [4.78, 5) is 0. The fraction of sp³-hybridized carbons (Fsp3) is 1.00. The van der Waals surface area contributed by atoms with E-state index in [4.69, 9.17) is 0 Å². The average Bonchev–Trinajstić information content (AvgIpc) is 2.69. The van der Waals surface area contributed by atoms with E-state index in [1.165, 1.54) is 6.42 Å². The Labute approximate surface area is 86.0 Å². The van der Waals surface area contributed by atoms with Gasteiger partial charge in [-0.2, -0.15) is 0 Å². The van der Waals surface area contributed by atoms with Crippen molar-refractivity contribution in [1.29, 1.82) is 0 Å². The van der Waals surface area contributed by atoms with Crippen molar-refractivity contribution in [2.24, 2.45) is 29.6 Å². The number of hydrogen-bond acceptors (Lipinski definition) is 2. The summed E-state index contributed by atoms with van der Waals surface area (Å²) in [5.41, 5.74) is 0. The molecule has 0 spiro atoms. The Balaban J connectivity index is 2.03. The molecule has 2 nitrogen and oxygen atoms in total. The van der Waals surface area contributed by atoms with Crippen LogP contribution in [0, 0.1) is 29.6 Å². The van der Waals surface area contributed by atoms with Crippen LogP contribution >= 0.6 is 0 Å². The number of fused-ring (bicyclic) bond motifs is 5. The van der Waals surface area contributed by atoms with E-state index in [-0.39, 0.29) is 5.25 Å². The first-order chi connectivity index (χ1) is 6.52. The Kier molecular flexibility index (Phi) is 1.67. The summed E-state index contributed by atoms with van der Waals surface area (Å²) in [6.45, 7) is 4.57.